The molecule has 0 saturated carbocycles. The van der Waals surface area contributed by atoms with Gasteiger partial charge >= 0.3 is 0 Å². The number of aromatic nitrogens is 2. The lowest BCUT2D eigenvalue weighted by molar-refractivity contribution is -0.116. The van der Waals surface area contributed by atoms with Gasteiger partial charge in [0.15, 0.2) is 5.17 Å². The van der Waals surface area contributed by atoms with E-state index in [1.54, 1.807) is 24.0 Å². The lowest BCUT2D eigenvalue weighted by Crippen LogP contribution is -2.19. The maximum Gasteiger partial charge on any atom is 0.236 e. The van der Waals surface area contributed by atoms with E-state index >= 15 is 0 Å². The maximum atomic E-state index is 13.8. The molecule has 2 aromatic rings. The number of amides is 1. The minimum Gasteiger partial charge on any atom is -0.303 e. The SMILES string of the molecule is Cn1ncc2cc(F)c(C=NN=C3NC(=O)CS3)cc21. The number of carbonyl (C=O) groups is 1. The zero-order valence-electron chi connectivity index (χ0n) is 10.5. The Bertz CT molecular complexity index is 752. The van der Waals surface area contributed by atoms with Crippen molar-refractivity contribution in [2.24, 2.45) is 17.3 Å². The van der Waals surface area contributed by atoms with Gasteiger partial charge in [0.05, 0.1) is 23.7 Å². The molecule has 1 saturated heterocycles. The van der Waals surface area contributed by atoms with Gasteiger partial charge in [0.25, 0.3) is 0 Å². The van der Waals surface area contributed by atoms with Crippen molar-refractivity contribution in [3.05, 3.63) is 29.7 Å². The average Bonchev–Trinajstić information content (AvgIpc) is 2.98. The van der Waals surface area contributed by atoms with Crippen molar-refractivity contribution in [3.8, 4) is 0 Å². The number of carbonyl (C=O) groups excluding carboxylic acids is 1. The summed E-state index contributed by atoms with van der Waals surface area (Å²) in [6.07, 6.45) is 2.92. The molecule has 0 spiro atoms. The highest BCUT2D eigenvalue weighted by atomic mass is 32.2. The van der Waals surface area contributed by atoms with E-state index in [-0.39, 0.29) is 5.91 Å². The first-order valence-electron chi connectivity index (χ1n) is 5.78. The number of amidine groups is 1. The molecule has 1 aromatic heterocycles. The third-order valence-corrected chi connectivity index (χ3v) is 3.66. The third kappa shape index (κ3) is 2.42. The van der Waals surface area contributed by atoms with Crippen LogP contribution in [0.3, 0.4) is 0 Å². The van der Waals surface area contributed by atoms with E-state index in [1.165, 1.54) is 24.0 Å². The van der Waals surface area contributed by atoms with Gasteiger partial charge in [0.1, 0.15) is 5.82 Å². The van der Waals surface area contributed by atoms with Crippen LogP contribution in [0.1, 0.15) is 5.56 Å². The van der Waals surface area contributed by atoms with Crippen LogP contribution in [-0.2, 0) is 11.8 Å². The van der Waals surface area contributed by atoms with Crippen LogP contribution in [0.4, 0.5) is 4.39 Å². The van der Waals surface area contributed by atoms with E-state index in [0.29, 0.717) is 16.5 Å². The van der Waals surface area contributed by atoms with Crippen LogP contribution in [-0.4, -0.2) is 32.8 Å². The number of fused-ring (bicyclic) bond motifs is 1. The Balaban J connectivity index is 1.88. The van der Waals surface area contributed by atoms with Gasteiger partial charge < -0.3 is 5.32 Å². The second kappa shape index (κ2) is 5.04. The Morgan fingerprint density at radius 1 is 1.55 bits per heavy atom. The molecular weight excluding hydrogens is 281 g/mol. The standard InChI is InChI=1S/C12H10FN5OS/c1-18-10-3-7(9(13)2-8(10)5-15-18)4-14-17-12-16-11(19)6-20-12/h2-5H,6H2,1H3,(H,16,17,19). The Kier molecular flexibility index (Phi) is 3.23. The Morgan fingerprint density at radius 2 is 2.40 bits per heavy atom. The van der Waals surface area contributed by atoms with E-state index in [2.05, 4.69) is 20.6 Å². The lowest BCUT2D eigenvalue weighted by Gasteiger charge is -1.98. The van der Waals surface area contributed by atoms with Gasteiger partial charge in [-0.25, -0.2) is 4.39 Å². The van der Waals surface area contributed by atoms with Crippen molar-refractivity contribution < 1.29 is 9.18 Å². The number of rotatable bonds is 2. The summed E-state index contributed by atoms with van der Waals surface area (Å²) >= 11 is 1.26. The van der Waals surface area contributed by atoms with Gasteiger partial charge in [0.2, 0.25) is 5.91 Å². The highest BCUT2D eigenvalue weighted by molar-refractivity contribution is 8.15. The molecule has 8 heteroatoms. The second-order valence-electron chi connectivity index (χ2n) is 4.19. The van der Waals surface area contributed by atoms with E-state index in [4.69, 9.17) is 0 Å². The summed E-state index contributed by atoms with van der Waals surface area (Å²) < 4.78 is 15.5. The molecule has 6 nitrogen and oxygen atoms in total. The Morgan fingerprint density at radius 3 is 3.15 bits per heavy atom. The van der Waals surface area contributed by atoms with Gasteiger partial charge in [-0.2, -0.15) is 10.2 Å². The smallest absolute Gasteiger partial charge is 0.236 e. The van der Waals surface area contributed by atoms with Crippen LogP contribution in [0.5, 0.6) is 0 Å². The molecule has 0 bridgehead atoms. The number of aryl methyl sites for hydroxylation is 1. The summed E-state index contributed by atoms with van der Waals surface area (Å²) in [4.78, 5) is 11.0. The molecular formula is C12H10FN5OS. The average molecular weight is 291 g/mol. The molecule has 2 heterocycles. The maximum absolute atomic E-state index is 13.8. The van der Waals surface area contributed by atoms with Gasteiger partial charge in [-0.15, -0.1) is 5.10 Å². The molecule has 0 aliphatic carbocycles. The van der Waals surface area contributed by atoms with Crippen LogP contribution >= 0.6 is 11.8 Å². The topological polar surface area (TPSA) is 71.6 Å². The lowest BCUT2D eigenvalue weighted by atomic mass is 10.1. The highest BCUT2D eigenvalue weighted by Gasteiger charge is 2.16. The van der Waals surface area contributed by atoms with E-state index in [9.17, 15) is 9.18 Å². The van der Waals surface area contributed by atoms with Crippen molar-refractivity contribution in [2.45, 2.75) is 0 Å². The Hall–Kier alpha value is -2.22. The zero-order chi connectivity index (χ0) is 14.1. The van der Waals surface area contributed by atoms with Crippen molar-refractivity contribution in [3.63, 3.8) is 0 Å². The molecule has 1 aliphatic rings. The fourth-order valence-corrected chi connectivity index (χ4v) is 2.44. The van der Waals surface area contributed by atoms with Gasteiger partial charge in [-0.1, -0.05) is 11.8 Å². The van der Waals surface area contributed by atoms with Crippen molar-refractivity contribution in [2.75, 3.05) is 5.75 Å². The molecule has 0 atom stereocenters. The van der Waals surface area contributed by atoms with Gasteiger partial charge in [-0.05, 0) is 12.1 Å². The number of benzene rings is 1. The van der Waals surface area contributed by atoms with Crippen LogP contribution in [0.2, 0.25) is 0 Å². The molecule has 1 fully saturated rings. The largest absolute Gasteiger partial charge is 0.303 e. The minimum absolute atomic E-state index is 0.105. The fourth-order valence-electron chi connectivity index (χ4n) is 1.81. The molecule has 1 aliphatic heterocycles. The molecule has 20 heavy (non-hydrogen) atoms. The first-order valence-corrected chi connectivity index (χ1v) is 6.77. The highest BCUT2D eigenvalue weighted by Crippen LogP contribution is 2.17. The molecule has 0 radical (unpaired) electrons. The van der Waals surface area contributed by atoms with Gasteiger partial charge in [-0.3, -0.25) is 9.48 Å². The molecule has 0 unspecified atom stereocenters. The monoisotopic (exact) mass is 291 g/mol. The summed E-state index contributed by atoms with van der Waals surface area (Å²) in [5.41, 5.74) is 1.13. The molecule has 1 amide bonds. The minimum atomic E-state index is -0.391. The molecule has 1 N–H and O–H groups in total. The van der Waals surface area contributed by atoms with Crippen molar-refractivity contribution in [1.29, 1.82) is 0 Å². The molecule has 102 valence electrons. The number of nitrogens with one attached hydrogen (secondary N) is 1. The Labute approximate surface area is 117 Å². The van der Waals surface area contributed by atoms with Crippen molar-refractivity contribution >= 4 is 40.0 Å². The van der Waals surface area contributed by atoms with Crippen LogP contribution in [0.25, 0.3) is 10.9 Å². The first-order chi connectivity index (χ1) is 9.63. The fraction of sp³-hybridized carbons (Fsp3) is 0.167. The quantitative estimate of drug-likeness (QED) is 0.669. The van der Waals surface area contributed by atoms with Crippen molar-refractivity contribution in [1.82, 2.24) is 15.1 Å². The summed E-state index contributed by atoms with van der Waals surface area (Å²) in [5, 5.41) is 15.4. The molecule has 1 aromatic carbocycles. The number of nitrogens with zero attached hydrogens (tertiary/aromatic N) is 4. The zero-order valence-corrected chi connectivity index (χ0v) is 11.3. The van der Waals surface area contributed by atoms with Crippen LogP contribution in [0.15, 0.2) is 28.5 Å². The third-order valence-electron chi connectivity index (χ3n) is 2.80. The molecule has 3 rings (SSSR count). The first kappa shape index (κ1) is 12.8. The summed E-state index contributed by atoms with van der Waals surface area (Å²) in [6.45, 7) is 0. The summed E-state index contributed by atoms with van der Waals surface area (Å²) in [6, 6.07) is 3.06. The number of thioether (sulfide) groups is 1. The predicted octanol–water partition coefficient (Wildman–Crippen LogP) is 1.27. The normalized spacial score (nSPS) is 17.5. The van der Waals surface area contributed by atoms with E-state index < -0.39 is 5.82 Å². The summed E-state index contributed by atoms with van der Waals surface area (Å²) in [7, 11) is 1.78. The number of halogens is 1. The second-order valence-corrected chi connectivity index (χ2v) is 5.15. The number of hydrogen-bond donors (Lipinski definition) is 1. The predicted molar refractivity (Wildman–Crippen MR) is 76.3 cm³/mol. The number of hydrogen-bond acceptors (Lipinski definition) is 5. The van der Waals surface area contributed by atoms with Crippen LogP contribution < -0.4 is 5.32 Å². The summed E-state index contributed by atoms with van der Waals surface area (Å²) in [5.74, 6) is -0.159. The van der Waals surface area contributed by atoms with Gasteiger partial charge in [0, 0.05) is 18.0 Å². The van der Waals surface area contributed by atoms with E-state index in [1.807, 2.05) is 0 Å². The van der Waals surface area contributed by atoms with Crippen LogP contribution in [0, 0.1) is 5.82 Å². The van der Waals surface area contributed by atoms with E-state index in [0.717, 1.165) is 10.9 Å².